The molecule has 1 saturated heterocycles. The third-order valence-electron chi connectivity index (χ3n) is 7.06. The molecule has 2 heterocycles. The quantitative estimate of drug-likeness (QED) is 0.210. The maximum Gasteiger partial charge on any atom is 0.389 e. The molecule has 2 aliphatic rings. The molecule has 1 saturated carbocycles. The van der Waals surface area contributed by atoms with Crippen molar-refractivity contribution in [1.29, 1.82) is 0 Å². The van der Waals surface area contributed by atoms with Gasteiger partial charge in [0.2, 0.25) is 6.79 Å². The zero-order valence-corrected chi connectivity index (χ0v) is 24.1. The van der Waals surface area contributed by atoms with Crippen LogP contribution in [0, 0.1) is 0 Å². The number of nitrogens with one attached hydrogen (secondary N) is 1. The molecule has 1 aromatic heterocycles. The molecule has 4 unspecified atom stereocenters. The van der Waals surface area contributed by atoms with Gasteiger partial charge in [-0.1, -0.05) is 12.8 Å². The second-order valence-corrected chi connectivity index (χ2v) is 10.3. The van der Waals surface area contributed by atoms with Crippen LogP contribution in [0.25, 0.3) is 0 Å². The number of cyclic esters (lactones) is 1. The van der Waals surface area contributed by atoms with Crippen LogP contribution in [0.4, 0.5) is 13.2 Å². The van der Waals surface area contributed by atoms with Gasteiger partial charge in [-0.3, -0.25) is 9.59 Å². The van der Waals surface area contributed by atoms with E-state index in [4.69, 9.17) is 28.4 Å². The fraction of sp³-hybridized carbons (Fsp3) is 0.714. The smallest absolute Gasteiger partial charge is 0.389 e. The van der Waals surface area contributed by atoms with Crippen LogP contribution in [0.15, 0.2) is 12.3 Å². The highest BCUT2D eigenvalue weighted by molar-refractivity contribution is 5.98. The topological polar surface area (TPSA) is 132 Å². The molecule has 11 nitrogen and oxygen atoms in total. The molecule has 2 fully saturated rings. The second kappa shape index (κ2) is 15.9. The summed E-state index contributed by atoms with van der Waals surface area (Å²) in [7, 11) is 1.36. The van der Waals surface area contributed by atoms with Crippen LogP contribution in [0.3, 0.4) is 0 Å². The number of hydrogen-bond donors (Lipinski definition) is 1. The summed E-state index contributed by atoms with van der Waals surface area (Å²) < 4.78 is 71.4. The Labute approximate surface area is 242 Å². The van der Waals surface area contributed by atoms with Gasteiger partial charge in [-0.2, -0.15) is 13.2 Å². The van der Waals surface area contributed by atoms with Crippen molar-refractivity contribution in [1.82, 2.24) is 10.3 Å². The van der Waals surface area contributed by atoms with Crippen molar-refractivity contribution >= 4 is 17.8 Å². The lowest BCUT2D eigenvalue weighted by molar-refractivity contribution is -0.177. The van der Waals surface area contributed by atoms with Crippen molar-refractivity contribution in [2.75, 3.05) is 20.5 Å². The highest BCUT2D eigenvalue weighted by atomic mass is 19.4. The molecule has 0 bridgehead atoms. The summed E-state index contributed by atoms with van der Waals surface area (Å²) in [4.78, 5) is 41.7. The van der Waals surface area contributed by atoms with Crippen LogP contribution in [-0.2, 0) is 28.5 Å². The van der Waals surface area contributed by atoms with E-state index in [1.165, 1.54) is 26.3 Å². The molecule has 0 radical (unpaired) electrons. The number of pyridine rings is 1. The number of halogens is 3. The Hall–Kier alpha value is -3.13. The number of alkyl halides is 3. The number of ether oxygens (including phenoxy) is 6. The zero-order chi connectivity index (χ0) is 30.7. The average Bonchev–Trinajstić information content (AvgIpc) is 3.45. The van der Waals surface area contributed by atoms with E-state index in [1.807, 2.05) is 0 Å². The first-order valence-electron chi connectivity index (χ1n) is 14.1. The van der Waals surface area contributed by atoms with Gasteiger partial charge in [0, 0.05) is 32.2 Å². The standard InChI is InChI=1S/C28H39F3N2O9/c1-17-24(42-19-8-4-5-9-19)22(38-15-7-13-28(29,30)31)11-6-10-20(27(36)41-17)33-26(35)23-25(40-16-39-18(2)34)21(37-3)12-14-32-23/h12,14,17,19-20,22,24H,4-11,13,15-16H2,1-3H3,(H,33,35). The Bertz CT molecular complexity index is 1050. The molecule has 3 rings (SSSR count). The van der Waals surface area contributed by atoms with Gasteiger partial charge in [0.15, 0.2) is 17.2 Å². The maximum absolute atomic E-state index is 13.3. The monoisotopic (exact) mass is 604 g/mol. The molecule has 1 aliphatic heterocycles. The van der Waals surface area contributed by atoms with Gasteiger partial charge in [-0.05, 0) is 45.4 Å². The van der Waals surface area contributed by atoms with E-state index in [-0.39, 0.29) is 42.7 Å². The normalized spacial score (nSPS) is 23.7. The molecular formula is C28H39F3N2O9. The lowest BCUT2D eigenvalue weighted by atomic mass is 10.0. The van der Waals surface area contributed by atoms with Gasteiger partial charge in [0.25, 0.3) is 5.91 Å². The number of carbonyl (C=O) groups excluding carboxylic acids is 3. The Morgan fingerprint density at radius 2 is 1.88 bits per heavy atom. The zero-order valence-electron chi connectivity index (χ0n) is 24.1. The molecule has 42 heavy (non-hydrogen) atoms. The second-order valence-electron chi connectivity index (χ2n) is 10.3. The summed E-state index contributed by atoms with van der Waals surface area (Å²) in [5.74, 6) is -1.96. The number of methoxy groups -OCH3 is 1. The van der Waals surface area contributed by atoms with E-state index in [1.54, 1.807) is 6.92 Å². The minimum absolute atomic E-state index is 0.0572. The largest absolute Gasteiger partial charge is 0.493 e. The van der Waals surface area contributed by atoms with Gasteiger partial charge in [-0.25, -0.2) is 9.78 Å². The molecule has 1 aromatic rings. The van der Waals surface area contributed by atoms with E-state index in [2.05, 4.69) is 10.3 Å². The third-order valence-corrected chi connectivity index (χ3v) is 7.06. The fourth-order valence-corrected chi connectivity index (χ4v) is 4.99. The van der Waals surface area contributed by atoms with Gasteiger partial charge in [0.1, 0.15) is 18.2 Å². The van der Waals surface area contributed by atoms with Gasteiger partial charge in [0.05, 0.1) is 19.3 Å². The predicted octanol–water partition coefficient (Wildman–Crippen LogP) is 4.26. The molecule has 0 aromatic carbocycles. The molecule has 4 atom stereocenters. The molecule has 1 N–H and O–H groups in total. The minimum Gasteiger partial charge on any atom is -0.493 e. The molecule has 236 valence electrons. The summed E-state index contributed by atoms with van der Waals surface area (Å²) in [6.07, 6.45) is -1.62. The van der Waals surface area contributed by atoms with Crippen LogP contribution in [0.5, 0.6) is 11.5 Å². The first-order valence-corrected chi connectivity index (χ1v) is 14.1. The number of amides is 1. The average molecular weight is 605 g/mol. The van der Waals surface area contributed by atoms with Crippen molar-refractivity contribution in [3.63, 3.8) is 0 Å². The summed E-state index contributed by atoms with van der Waals surface area (Å²) >= 11 is 0. The van der Waals surface area contributed by atoms with E-state index < -0.39 is 61.6 Å². The van der Waals surface area contributed by atoms with Crippen LogP contribution in [0.2, 0.25) is 0 Å². The van der Waals surface area contributed by atoms with Crippen LogP contribution in [-0.4, -0.2) is 80.0 Å². The highest BCUT2D eigenvalue weighted by Gasteiger charge is 2.38. The number of hydrogen-bond acceptors (Lipinski definition) is 10. The maximum atomic E-state index is 13.3. The van der Waals surface area contributed by atoms with Crippen LogP contribution in [0.1, 0.15) is 82.1 Å². The summed E-state index contributed by atoms with van der Waals surface area (Å²) in [5.41, 5.74) is -0.199. The SMILES string of the molecule is COc1ccnc(C(=O)NC2CCCC(OCCCC(F)(F)F)C(OC3CCCC3)C(C)OC2=O)c1OCOC(C)=O. The number of rotatable bonds is 12. The lowest BCUT2D eigenvalue weighted by Gasteiger charge is -2.33. The summed E-state index contributed by atoms with van der Waals surface area (Å²) in [5, 5.41) is 2.64. The number of nitrogens with zero attached hydrogens (tertiary/aromatic N) is 1. The van der Waals surface area contributed by atoms with Crippen molar-refractivity contribution in [3.8, 4) is 11.5 Å². The Kier molecular flexibility index (Phi) is 12.6. The number of esters is 2. The Morgan fingerprint density at radius 1 is 1.14 bits per heavy atom. The van der Waals surface area contributed by atoms with Crippen molar-refractivity contribution < 1.29 is 56.0 Å². The number of carbonyl (C=O) groups is 3. The molecular weight excluding hydrogens is 565 g/mol. The summed E-state index contributed by atoms with van der Waals surface area (Å²) in [6, 6.07) is 0.389. The van der Waals surface area contributed by atoms with Crippen LogP contribution < -0.4 is 14.8 Å². The molecule has 0 spiro atoms. The summed E-state index contributed by atoms with van der Waals surface area (Å²) in [6.45, 7) is 2.24. The highest BCUT2D eigenvalue weighted by Crippen LogP contribution is 2.31. The van der Waals surface area contributed by atoms with Crippen molar-refractivity contribution in [2.24, 2.45) is 0 Å². The lowest BCUT2D eigenvalue weighted by Crippen LogP contribution is -2.46. The molecule has 14 heteroatoms. The van der Waals surface area contributed by atoms with E-state index in [0.717, 1.165) is 25.7 Å². The number of aromatic nitrogens is 1. The first-order chi connectivity index (χ1) is 20.0. The van der Waals surface area contributed by atoms with Crippen molar-refractivity contribution in [3.05, 3.63) is 18.0 Å². The van der Waals surface area contributed by atoms with E-state index >= 15 is 0 Å². The predicted molar refractivity (Wildman–Crippen MR) is 141 cm³/mol. The van der Waals surface area contributed by atoms with E-state index in [9.17, 15) is 27.6 Å². The van der Waals surface area contributed by atoms with Crippen molar-refractivity contribution in [2.45, 2.75) is 108 Å². The minimum atomic E-state index is -4.28. The Morgan fingerprint density at radius 3 is 2.55 bits per heavy atom. The Balaban J connectivity index is 1.73. The van der Waals surface area contributed by atoms with Gasteiger partial charge < -0.3 is 33.7 Å². The fourth-order valence-electron chi connectivity index (χ4n) is 4.99. The molecule has 1 aliphatic carbocycles. The van der Waals surface area contributed by atoms with E-state index in [0.29, 0.717) is 12.8 Å². The third kappa shape index (κ3) is 10.3. The van der Waals surface area contributed by atoms with Gasteiger partial charge >= 0.3 is 18.1 Å². The van der Waals surface area contributed by atoms with Crippen LogP contribution >= 0.6 is 0 Å². The molecule has 1 amide bonds. The van der Waals surface area contributed by atoms with Gasteiger partial charge in [-0.15, -0.1) is 0 Å². The first kappa shape index (κ1) is 33.4.